The molecule has 0 saturated heterocycles. The lowest BCUT2D eigenvalue weighted by Crippen LogP contribution is -2.06. The monoisotopic (exact) mass is 404 g/mol. The summed E-state index contributed by atoms with van der Waals surface area (Å²) in [6.07, 6.45) is 4.97. The largest absolute Gasteiger partial charge is 0.490 e. The molecular formula is C21H16N4O5. The van der Waals surface area contributed by atoms with E-state index in [1.165, 1.54) is 19.2 Å². The molecule has 0 atom stereocenters. The SMILES string of the molecule is COc1ccc(C2=N/C(=C\c3cnn(Cc4ccccc4)c3)C(=O)O2)cc1[N+](=O)[O-]. The van der Waals surface area contributed by atoms with Gasteiger partial charge in [-0.05, 0) is 23.8 Å². The first-order valence-electron chi connectivity index (χ1n) is 8.95. The van der Waals surface area contributed by atoms with Crippen molar-refractivity contribution in [3.05, 3.63) is 93.4 Å². The van der Waals surface area contributed by atoms with Gasteiger partial charge >= 0.3 is 11.7 Å². The molecule has 30 heavy (non-hydrogen) atoms. The van der Waals surface area contributed by atoms with Gasteiger partial charge in [0.05, 0.1) is 24.8 Å². The Labute approximate surface area is 171 Å². The Morgan fingerprint density at radius 1 is 1.23 bits per heavy atom. The number of ether oxygens (including phenoxy) is 2. The molecule has 0 unspecified atom stereocenters. The maximum atomic E-state index is 12.2. The number of cyclic esters (lactones) is 1. The summed E-state index contributed by atoms with van der Waals surface area (Å²) < 4.78 is 11.9. The van der Waals surface area contributed by atoms with E-state index in [-0.39, 0.29) is 23.0 Å². The van der Waals surface area contributed by atoms with Crippen LogP contribution < -0.4 is 4.74 Å². The van der Waals surface area contributed by atoms with Crippen molar-refractivity contribution >= 4 is 23.6 Å². The van der Waals surface area contributed by atoms with Crippen LogP contribution in [0.3, 0.4) is 0 Å². The normalized spacial score (nSPS) is 14.5. The lowest BCUT2D eigenvalue weighted by molar-refractivity contribution is -0.385. The molecule has 0 saturated carbocycles. The molecule has 4 rings (SSSR count). The van der Waals surface area contributed by atoms with Gasteiger partial charge in [0, 0.05) is 23.4 Å². The second-order valence-corrected chi connectivity index (χ2v) is 6.44. The number of nitro groups is 1. The maximum Gasteiger partial charge on any atom is 0.363 e. The molecule has 0 spiro atoms. The Kier molecular flexibility index (Phi) is 5.08. The zero-order valence-corrected chi connectivity index (χ0v) is 15.9. The number of carbonyl (C=O) groups excluding carboxylic acids is 1. The van der Waals surface area contributed by atoms with Gasteiger partial charge in [-0.1, -0.05) is 30.3 Å². The second-order valence-electron chi connectivity index (χ2n) is 6.44. The second kappa shape index (κ2) is 8.00. The van der Waals surface area contributed by atoms with Gasteiger partial charge in [-0.3, -0.25) is 14.8 Å². The maximum absolute atomic E-state index is 12.2. The molecule has 2 heterocycles. The van der Waals surface area contributed by atoms with E-state index >= 15 is 0 Å². The van der Waals surface area contributed by atoms with Crippen LogP contribution in [0.1, 0.15) is 16.7 Å². The minimum Gasteiger partial charge on any atom is -0.490 e. The predicted molar refractivity (Wildman–Crippen MR) is 108 cm³/mol. The molecule has 0 fully saturated rings. The zero-order valence-electron chi connectivity index (χ0n) is 15.9. The summed E-state index contributed by atoms with van der Waals surface area (Å²) in [4.78, 5) is 27.0. The van der Waals surface area contributed by atoms with Crippen molar-refractivity contribution in [1.29, 1.82) is 0 Å². The van der Waals surface area contributed by atoms with Crippen molar-refractivity contribution in [2.24, 2.45) is 4.99 Å². The number of benzene rings is 2. The number of methoxy groups -OCH3 is 1. The van der Waals surface area contributed by atoms with E-state index in [1.807, 2.05) is 30.3 Å². The van der Waals surface area contributed by atoms with Crippen LogP contribution in [-0.2, 0) is 16.1 Å². The van der Waals surface area contributed by atoms with Gasteiger partial charge < -0.3 is 9.47 Å². The number of aliphatic imine (C=N–C) groups is 1. The van der Waals surface area contributed by atoms with E-state index < -0.39 is 10.9 Å². The summed E-state index contributed by atoms with van der Waals surface area (Å²) in [5.74, 6) is -0.539. The fourth-order valence-electron chi connectivity index (χ4n) is 2.97. The number of rotatable bonds is 6. The number of aromatic nitrogens is 2. The molecule has 3 aromatic rings. The third kappa shape index (κ3) is 3.95. The van der Waals surface area contributed by atoms with Gasteiger partial charge in [-0.2, -0.15) is 5.10 Å². The van der Waals surface area contributed by atoms with Crippen LogP contribution in [0.15, 0.2) is 71.6 Å². The fraction of sp³-hybridized carbons (Fsp3) is 0.0952. The summed E-state index contributed by atoms with van der Waals surface area (Å²) in [5.41, 5.74) is 1.93. The van der Waals surface area contributed by atoms with Crippen molar-refractivity contribution in [2.75, 3.05) is 7.11 Å². The first-order chi connectivity index (χ1) is 14.5. The highest BCUT2D eigenvalue weighted by atomic mass is 16.6. The molecule has 1 aliphatic heterocycles. The van der Waals surface area contributed by atoms with Crippen LogP contribution in [0, 0.1) is 10.1 Å². The Bertz CT molecular complexity index is 1180. The van der Waals surface area contributed by atoms with Crippen molar-refractivity contribution in [2.45, 2.75) is 6.54 Å². The first kappa shape index (κ1) is 19.1. The van der Waals surface area contributed by atoms with Crippen LogP contribution in [0.5, 0.6) is 5.75 Å². The van der Waals surface area contributed by atoms with E-state index in [4.69, 9.17) is 9.47 Å². The molecule has 0 amide bonds. The third-order valence-corrected chi connectivity index (χ3v) is 4.39. The smallest absolute Gasteiger partial charge is 0.363 e. The zero-order chi connectivity index (χ0) is 21.1. The van der Waals surface area contributed by atoms with Gasteiger partial charge in [0.15, 0.2) is 11.4 Å². The number of nitrogens with zero attached hydrogens (tertiary/aromatic N) is 4. The van der Waals surface area contributed by atoms with Crippen LogP contribution >= 0.6 is 0 Å². The minimum absolute atomic E-state index is 0.00585. The summed E-state index contributed by atoms with van der Waals surface area (Å²) in [5, 5.41) is 15.5. The fourth-order valence-corrected chi connectivity index (χ4v) is 2.97. The number of carbonyl (C=O) groups is 1. The molecule has 9 nitrogen and oxygen atoms in total. The molecule has 150 valence electrons. The Balaban J connectivity index is 1.57. The van der Waals surface area contributed by atoms with Gasteiger partial charge in [0.2, 0.25) is 5.90 Å². The van der Waals surface area contributed by atoms with Crippen molar-refractivity contribution in [1.82, 2.24) is 9.78 Å². The summed E-state index contributed by atoms with van der Waals surface area (Å²) >= 11 is 0. The molecule has 9 heteroatoms. The van der Waals surface area contributed by atoms with Gasteiger partial charge in [-0.25, -0.2) is 9.79 Å². The molecule has 0 N–H and O–H groups in total. The van der Waals surface area contributed by atoms with Gasteiger partial charge in [-0.15, -0.1) is 0 Å². The summed E-state index contributed by atoms with van der Waals surface area (Å²) in [7, 11) is 1.34. The van der Waals surface area contributed by atoms with E-state index in [0.29, 0.717) is 17.7 Å². The van der Waals surface area contributed by atoms with Crippen molar-refractivity contribution in [3.8, 4) is 5.75 Å². The Morgan fingerprint density at radius 2 is 2.03 bits per heavy atom. The highest BCUT2D eigenvalue weighted by molar-refractivity contribution is 6.13. The summed E-state index contributed by atoms with van der Waals surface area (Å²) in [6, 6.07) is 14.1. The van der Waals surface area contributed by atoms with Crippen LogP contribution in [0.25, 0.3) is 6.08 Å². The van der Waals surface area contributed by atoms with Gasteiger partial charge in [0.1, 0.15) is 0 Å². The molecule has 0 radical (unpaired) electrons. The standard InChI is InChI=1S/C21H16N4O5/c1-29-19-8-7-16(10-18(19)25(27)28)20-23-17(21(26)30-20)9-15-11-22-24(13-15)12-14-5-3-2-4-6-14/h2-11,13H,12H2,1H3/b17-9-. The van der Waals surface area contributed by atoms with E-state index in [1.54, 1.807) is 29.2 Å². The third-order valence-electron chi connectivity index (χ3n) is 4.39. The van der Waals surface area contributed by atoms with E-state index in [9.17, 15) is 14.9 Å². The lowest BCUT2D eigenvalue weighted by Gasteiger charge is -2.03. The first-order valence-corrected chi connectivity index (χ1v) is 8.95. The van der Waals surface area contributed by atoms with Crippen LogP contribution in [0.2, 0.25) is 0 Å². The molecule has 0 bridgehead atoms. The van der Waals surface area contributed by atoms with E-state index in [2.05, 4.69) is 10.1 Å². The lowest BCUT2D eigenvalue weighted by atomic mass is 10.2. The number of hydrogen-bond donors (Lipinski definition) is 0. The minimum atomic E-state index is -0.640. The predicted octanol–water partition coefficient (Wildman–Crippen LogP) is 3.19. The van der Waals surface area contributed by atoms with Gasteiger partial charge in [0.25, 0.3) is 0 Å². The topological polar surface area (TPSA) is 109 Å². The molecule has 0 aliphatic carbocycles. The molecular weight excluding hydrogens is 388 g/mol. The quantitative estimate of drug-likeness (QED) is 0.270. The number of hydrogen-bond acceptors (Lipinski definition) is 7. The number of nitro benzene ring substituents is 1. The van der Waals surface area contributed by atoms with E-state index in [0.717, 1.165) is 5.56 Å². The van der Waals surface area contributed by atoms with Crippen LogP contribution in [-0.4, -0.2) is 33.7 Å². The average molecular weight is 404 g/mol. The van der Waals surface area contributed by atoms with Crippen molar-refractivity contribution < 1.29 is 19.2 Å². The summed E-state index contributed by atoms with van der Waals surface area (Å²) in [6.45, 7) is 0.596. The van der Waals surface area contributed by atoms with Crippen LogP contribution in [0.4, 0.5) is 5.69 Å². The average Bonchev–Trinajstić information content (AvgIpc) is 3.34. The number of esters is 1. The molecule has 1 aliphatic rings. The highest BCUT2D eigenvalue weighted by Gasteiger charge is 2.26. The molecule has 2 aromatic carbocycles. The Hall–Kier alpha value is -4.27. The van der Waals surface area contributed by atoms with Crippen molar-refractivity contribution in [3.63, 3.8) is 0 Å². The molecule has 1 aromatic heterocycles. The Morgan fingerprint density at radius 3 is 2.77 bits per heavy atom. The highest BCUT2D eigenvalue weighted by Crippen LogP contribution is 2.29.